The highest BCUT2D eigenvalue weighted by Crippen LogP contribution is 2.54. The molecule has 0 bridgehead atoms. The summed E-state index contributed by atoms with van der Waals surface area (Å²) >= 11 is 0. The van der Waals surface area contributed by atoms with Crippen LogP contribution in [0.1, 0.15) is 129 Å². The van der Waals surface area contributed by atoms with E-state index >= 15 is 0 Å². The minimum atomic E-state index is 0.347. The summed E-state index contributed by atoms with van der Waals surface area (Å²) in [5, 5.41) is 0. The number of allylic oxidation sites excluding steroid dienone is 10. The Balaban J connectivity index is 0.934. The SMILES string of the molecule is CC1C=C(C2CC=CC(N(C3=CCC(C4CCC=C5CCCCC54)CC3)C3CC=CCC3)C2)C2OC3C(CC=C[C@@H]3[C@@H]3CC=CCC3)C2C1. The standard InChI is InChI=1S/C47H65NO/c1-32-29-44(47-45(30-32)43-24-12-23-42(46(43)49-47)34-13-4-2-5-14-34)36-17-10-20-39(31-36)48(37-18-6-3-7-19-37)38-27-25-35(26-28-38)41-22-11-16-33-15-8-9-21-40(33)41/h2-4,6,10,12,16,20,23,27,29,32,34-37,39-43,45-47H,5,7-9,11,13-15,17-19,21-22,24-26,28,30-31H2,1H3/t32?,34-,35?,36?,37?,39?,40?,41?,42-,43?,45?,46?,47?/m1/s1. The van der Waals surface area contributed by atoms with Crippen molar-refractivity contribution in [3.8, 4) is 0 Å². The lowest BCUT2D eigenvalue weighted by molar-refractivity contribution is -0.00366. The van der Waals surface area contributed by atoms with Gasteiger partial charge in [-0.2, -0.15) is 0 Å². The molecule has 9 rings (SSSR count). The average Bonchev–Trinajstić information content (AvgIpc) is 3.54. The molecule has 9 aliphatic rings. The molecule has 11 unspecified atom stereocenters. The number of nitrogens with zero attached hydrogens (tertiary/aromatic N) is 1. The summed E-state index contributed by atoms with van der Waals surface area (Å²) in [4.78, 5) is 2.99. The molecule has 0 aromatic rings. The lowest BCUT2D eigenvalue weighted by atomic mass is 9.64. The van der Waals surface area contributed by atoms with Gasteiger partial charge in [0.2, 0.25) is 0 Å². The van der Waals surface area contributed by atoms with Gasteiger partial charge in [-0.1, -0.05) is 85.8 Å². The molecule has 264 valence electrons. The van der Waals surface area contributed by atoms with Crippen LogP contribution in [0, 0.1) is 53.3 Å². The molecule has 0 radical (unpaired) electrons. The molecule has 13 atom stereocenters. The van der Waals surface area contributed by atoms with Crippen LogP contribution in [0.2, 0.25) is 0 Å². The van der Waals surface area contributed by atoms with Crippen molar-refractivity contribution >= 4 is 0 Å². The second kappa shape index (κ2) is 14.5. The monoisotopic (exact) mass is 660 g/mol. The van der Waals surface area contributed by atoms with Gasteiger partial charge in [-0.25, -0.2) is 0 Å². The van der Waals surface area contributed by atoms with Crippen molar-refractivity contribution < 1.29 is 4.74 Å². The molecule has 1 aliphatic heterocycles. The van der Waals surface area contributed by atoms with Crippen molar-refractivity contribution in [2.45, 2.75) is 153 Å². The Labute approximate surface area is 299 Å². The maximum Gasteiger partial charge on any atom is 0.0824 e. The predicted octanol–water partition coefficient (Wildman–Crippen LogP) is 11.8. The zero-order valence-corrected chi connectivity index (χ0v) is 30.6. The van der Waals surface area contributed by atoms with Gasteiger partial charge in [0.15, 0.2) is 0 Å². The van der Waals surface area contributed by atoms with E-state index in [1.54, 1.807) is 11.3 Å². The quantitative estimate of drug-likeness (QED) is 0.263. The van der Waals surface area contributed by atoms with Crippen LogP contribution in [-0.2, 0) is 4.74 Å². The van der Waals surface area contributed by atoms with Gasteiger partial charge in [0, 0.05) is 23.7 Å². The van der Waals surface area contributed by atoms with Gasteiger partial charge in [-0.15, -0.1) is 0 Å². The molecule has 0 aromatic carbocycles. The van der Waals surface area contributed by atoms with E-state index < -0.39 is 0 Å². The number of hydrogen-bond acceptors (Lipinski definition) is 2. The second-order valence-electron chi connectivity index (χ2n) is 18.1. The van der Waals surface area contributed by atoms with Crippen molar-refractivity contribution in [2.24, 2.45) is 53.3 Å². The molecule has 1 saturated heterocycles. The van der Waals surface area contributed by atoms with Crippen LogP contribution in [0.5, 0.6) is 0 Å². The smallest absolute Gasteiger partial charge is 0.0824 e. The van der Waals surface area contributed by atoms with Gasteiger partial charge in [0.25, 0.3) is 0 Å². The first-order chi connectivity index (χ1) is 24.2. The fourth-order valence-corrected chi connectivity index (χ4v) is 13.1. The summed E-state index contributed by atoms with van der Waals surface area (Å²) in [7, 11) is 0. The normalized spacial score (nSPS) is 44.7. The first kappa shape index (κ1) is 32.8. The molecular weight excluding hydrogens is 595 g/mol. The first-order valence-electron chi connectivity index (χ1n) is 21.4. The fourth-order valence-electron chi connectivity index (χ4n) is 13.1. The Morgan fingerprint density at radius 3 is 2.41 bits per heavy atom. The molecule has 0 N–H and O–H groups in total. The molecule has 2 fully saturated rings. The van der Waals surface area contributed by atoms with Crippen LogP contribution < -0.4 is 0 Å². The van der Waals surface area contributed by atoms with Crippen molar-refractivity contribution in [1.29, 1.82) is 0 Å². The van der Waals surface area contributed by atoms with Crippen molar-refractivity contribution in [3.05, 3.63) is 83.7 Å². The maximum absolute atomic E-state index is 7.38. The Morgan fingerprint density at radius 1 is 0.673 bits per heavy atom. The zero-order chi connectivity index (χ0) is 32.7. The molecular formula is C47H65NO. The highest BCUT2D eigenvalue weighted by atomic mass is 16.5. The van der Waals surface area contributed by atoms with Crippen molar-refractivity contribution in [2.75, 3.05) is 0 Å². The van der Waals surface area contributed by atoms with Gasteiger partial charge >= 0.3 is 0 Å². The van der Waals surface area contributed by atoms with E-state index in [0.29, 0.717) is 53.9 Å². The van der Waals surface area contributed by atoms with E-state index in [0.717, 1.165) is 23.7 Å². The van der Waals surface area contributed by atoms with E-state index in [9.17, 15) is 0 Å². The molecule has 8 aliphatic carbocycles. The lowest BCUT2D eigenvalue weighted by Gasteiger charge is -2.47. The number of ether oxygens (including phenoxy) is 1. The Bertz CT molecular complexity index is 1410. The number of hydrogen-bond donors (Lipinski definition) is 0. The van der Waals surface area contributed by atoms with Crippen LogP contribution >= 0.6 is 0 Å². The zero-order valence-electron chi connectivity index (χ0n) is 30.6. The van der Waals surface area contributed by atoms with E-state index in [1.807, 2.05) is 5.57 Å². The van der Waals surface area contributed by atoms with Crippen LogP contribution in [0.4, 0.5) is 0 Å². The maximum atomic E-state index is 7.38. The third-order valence-corrected chi connectivity index (χ3v) is 15.4. The molecule has 1 saturated carbocycles. The van der Waals surface area contributed by atoms with Crippen LogP contribution in [0.15, 0.2) is 83.7 Å². The van der Waals surface area contributed by atoms with Gasteiger partial charge in [0.05, 0.1) is 12.2 Å². The second-order valence-corrected chi connectivity index (χ2v) is 18.1. The van der Waals surface area contributed by atoms with E-state index in [4.69, 9.17) is 4.74 Å². The van der Waals surface area contributed by atoms with Gasteiger partial charge in [-0.05, 0) is 168 Å². The van der Waals surface area contributed by atoms with Gasteiger partial charge < -0.3 is 9.64 Å². The molecule has 0 aromatic heterocycles. The number of fused-ring (bicyclic) bond motifs is 4. The summed E-state index contributed by atoms with van der Waals surface area (Å²) in [6.07, 6.45) is 54.2. The van der Waals surface area contributed by atoms with Gasteiger partial charge in [-0.3, -0.25) is 0 Å². The summed E-state index contributed by atoms with van der Waals surface area (Å²) in [5.74, 6) is 6.82. The highest BCUT2D eigenvalue weighted by Gasteiger charge is 2.52. The van der Waals surface area contributed by atoms with E-state index in [-0.39, 0.29) is 0 Å². The largest absolute Gasteiger partial charge is 0.369 e. The summed E-state index contributed by atoms with van der Waals surface area (Å²) in [6, 6.07) is 1.17. The van der Waals surface area contributed by atoms with E-state index in [1.165, 1.54) is 122 Å². The van der Waals surface area contributed by atoms with Crippen LogP contribution in [0.3, 0.4) is 0 Å². The Kier molecular flexibility index (Phi) is 9.72. The summed E-state index contributed by atoms with van der Waals surface area (Å²) in [5.41, 5.74) is 5.25. The lowest BCUT2D eigenvalue weighted by Crippen LogP contribution is -2.45. The molecule has 2 nitrogen and oxygen atoms in total. The minimum Gasteiger partial charge on any atom is -0.369 e. The number of rotatable bonds is 6. The first-order valence-corrected chi connectivity index (χ1v) is 21.4. The van der Waals surface area contributed by atoms with Gasteiger partial charge in [0.1, 0.15) is 0 Å². The third kappa shape index (κ3) is 6.49. The van der Waals surface area contributed by atoms with Crippen molar-refractivity contribution in [3.63, 3.8) is 0 Å². The van der Waals surface area contributed by atoms with Crippen molar-refractivity contribution in [1.82, 2.24) is 4.90 Å². The Morgan fingerprint density at radius 2 is 1.57 bits per heavy atom. The third-order valence-electron chi connectivity index (χ3n) is 15.4. The van der Waals surface area contributed by atoms with E-state index in [2.05, 4.69) is 78.7 Å². The highest BCUT2D eigenvalue weighted by molar-refractivity contribution is 5.28. The van der Waals surface area contributed by atoms with Crippen LogP contribution in [-0.4, -0.2) is 29.2 Å². The molecule has 0 amide bonds. The predicted molar refractivity (Wildman–Crippen MR) is 204 cm³/mol. The fraction of sp³-hybridized carbons (Fsp3) is 0.702. The molecule has 1 heterocycles. The topological polar surface area (TPSA) is 12.5 Å². The molecule has 2 heteroatoms. The molecule has 0 spiro atoms. The summed E-state index contributed by atoms with van der Waals surface area (Å²) < 4.78 is 7.38. The Hall–Kier alpha value is -2.06. The minimum absolute atomic E-state index is 0.347. The summed E-state index contributed by atoms with van der Waals surface area (Å²) in [6.45, 7) is 2.50. The van der Waals surface area contributed by atoms with Crippen LogP contribution in [0.25, 0.3) is 0 Å². The average molecular weight is 660 g/mol. The molecule has 49 heavy (non-hydrogen) atoms.